The van der Waals surface area contributed by atoms with Gasteiger partial charge in [-0.05, 0) is 129 Å². The molecule has 11 heteroatoms. The van der Waals surface area contributed by atoms with Crippen LogP contribution in [0.1, 0.15) is 66.8 Å². The fraction of sp³-hybridized carbons (Fsp3) is 0.391. The van der Waals surface area contributed by atoms with E-state index in [4.69, 9.17) is 9.47 Å². The molecule has 1 saturated carbocycles. The first kappa shape index (κ1) is 28.1. The number of esters is 2. The molecule has 0 heterocycles. The van der Waals surface area contributed by atoms with Crippen LogP contribution in [-0.4, -0.2) is 31.5 Å². The smallest absolute Gasteiger partial charge is 0.339 e. The van der Waals surface area contributed by atoms with Crippen LogP contribution in [0.4, 0.5) is 0 Å². The Kier molecular flexibility index (Phi) is 10.4. The van der Waals surface area contributed by atoms with E-state index in [0.29, 0.717) is 17.5 Å². The lowest BCUT2D eigenvalue weighted by Crippen LogP contribution is -2.14. The Morgan fingerprint density at radius 2 is 1.74 bits per heavy atom. The molecule has 1 aliphatic rings. The molecule has 0 atom stereocenters. The van der Waals surface area contributed by atoms with Gasteiger partial charge in [0.2, 0.25) is 0 Å². The van der Waals surface area contributed by atoms with Crippen molar-refractivity contribution in [2.24, 2.45) is 0 Å². The lowest BCUT2D eigenvalue weighted by Gasteiger charge is -2.24. The Bertz CT molecular complexity index is 1180. The van der Waals surface area contributed by atoms with Gasteiger partial charge in [-0.15, -0.1) is 0 Å². The van der Waals surface area contributed by atoms with Gasteiger partial charge >= 0.3 is 11.9 Å². The maximum atomic E-state index is 12.4. The minimum atomic E-state index is -4.38. The molecule has 1 N–H and O–H groups in total. The van der Waals surface area contributed by atoms with E-state index in [1.807, 2.05) is 6.07 Å². The van der Waals surface area contributed by atoms with Crippen LogP contribution in [-0.2, 0) is 19.6 Å². The second kappa shape index (κ2) is 12.6. The Labute approximate surface area is 239 Å². The monoisotopic (exact) mass is 824 g/mol. The highest BCUT2D eigenvalue weighted by Crippen LogP contribution is 2.37. The summed E-state index contributed by atoms with van der Waals surface area (Å²) in [7, 11) is -4.38. The third-order valence-electron chi connectivity index (χ3n) is 5.51. The average molecular weight is 824 g/mol. The van der Waals surface area contributed by atoms with Crippen LogP contribution in [0.3, 0.4) is 0 Å². The quantitative estimate of drug-likeness (QED) is 0.0828. The van der Waals surface area contributed by atoms with Crippen molar-refractivity contribution < 1.29 is 32.0 Å². The number of hydrogen-bond donors (Lipinski definition) is 1. The van der Waals surface area contributed by atoms with E-state index in [1.165, 1.54) is 18.2 Å². The fourth-order valence-corrected chi connectivity index (χ4v) is 7.04. The zero-order valence-electron chi connectivity index (χ0n) is 18.1. The molecule has 1 fully saturated rings. The van der Waals surface area contributed by atoms with Crippen molar-refractivity contribution in [3.63, 3.8) is 0 Å². The van der Waals surface area contributed by atoms with Crippen molar-refractivity contribution in [2.45, 2.75) is 55.8 Å². The van der Waals surface area contributed by atoms with Crippen molar-refractivity contribution in [1.29, 1.82) is 0 Å². The summed E-state index contributed by atoms with van der Waals surface area (Å²) in [4.78, 5) is 24.6. The molecule has 0 saturated heterocycles. The minimum absolute atomic E-state index is 0.00403. The zero-order valence-corrected chi connectivity index (χ0v) is 25.3. The molecule has 2 aromatic carbocycles. The number of carbonyl (C=O) groups excluding carboxylic acids is 2. The summed E-state index contributed by atoms with van der Waals surface area (Å²) in [5.74, 6) is -0.718. The Morgan fingerprint density at radius 3 is 2.41 bits per heavy atom. The maximum Gasteiger partial charge on any atom is 0.339 e. The highest BCUT2D eigenvalue weighted by Gasteiger charge is 2.25. The Balaban J connectivity index is 1.57. The van der Waals surface area contributed by atoms with E-state index < -0.39 is 22.1 Å². The molecule has 7 nitrogen and oxygen atoms in total. The standard InChI is InChI=1S/C23H23I3O7S/c24-15-11-18(22(26)19(25)12-15)23(28)32-10-4-7-21(27)33-16-8-9-20(34(29,30)31)17(13-16)14-5-2-1-3-6-14/h8-9,11-14H,1-7,10H2,(H,29,30,31). The van der Waals surface area contributed by atoms with E-state index in [1.54, 1.807) is 6.07 Å². The number of benzene rings is 2. The number of carbonyl (C=O) groups is 2. The van der Waals surface area contributed by atoms with Gasteiger partial charge in [-0.25, -0.2) is 4.79 Å². The molecule has 0 radical (unpaired) electrons. The molecule has 3 rings (SSSR count). The molecule has 0 unspecified atom stereocenters. The molecular formula is C23H23I3O7S. The van der Waals surface area contributed by atoms with Crippen molar-refractivity contribution in [1.82, 2.24) is 0 Å². The topological polar surface area (TPSA) is 107 Å². The SMILES string of the molecule is O=C(CCCOC(=O)c1cc(I)cc(I)c1I)Oc1ccc(S(=O)(=O)O)c(C2CCCCC2)c1. The normalized spacial score (nSPS) is 14.6. The van der Waals surface area contributed by atoms with E-state index in [2.05, 4.69) is 67.8 Å². The second-order valence-electron chi connectivity index (χ2n) is 7.97. The molecule has 0 aromatic heterocycles. The van der Waals surface area contributed by atoms with E-state index in [0.717, 1.165) is 42.8 Å². The van der Waals surface area contributed by atoms with Crippen molar-refractivity contribution >= 4 is 89.8 Å². The first-order valence-corrected chi connectivity index (χ1v) is 15.4. The summed E-state index contributed by atoms with van der Waals surface area (Å²) in [5.41, 5.74) is 0.983. The summed E-state index contributed by atoms with van der Waals surface area (Å²) in [6.07, 6.45) is 5.04. The van der Waals surface area contributed by atoms with Gasteiger partial charge in [-0.2, -0.15) is 8.42 Å². The molecular weight excluding hydrogens is 801 g/mol. The first-order valence-electron chi connectivity index (χ1n) is 10.7. The lowest BCUT2D eigenvalue weighted by atomic mass is 9.84. The van der Waals surface area contributed by atoms with Gasteiger partial charge in [-0.1, -0.05) is 19.3 Å². The number of hydrogen-bond acceptors (Lipinski definition) is 6. The van der Waals surface area contributed by atoms with E-state index in [-0.39, 0.29) is 29.6 Å². The molecule has 0 amide bonds. The molecule has 1 aliphatic carbocycles. The van der Waals surface area contributed by atoms with Gasteiger partial charge < -0.3 is 9.47 Å². The molecule has 0 aliphatic heterocycles. The van der Waals surface area contributed by atoms with Gasteiger partial charge in [-0.3, -0.25) is 9.35 Å². The second-order valence-corrected chi connectivity index (χ2v) is 12.8. The van der Waals surface area contributed by atoms with Gasteiger partial charge in [0.1, 0.15) is 5.75 Å². The predicted octanol–water partition coefficient (Wildman–Crippen LogP) is 6.34. The Morgan fingerprint density at radius 1 is 1.03 bits per heavy atom. The van der Waals surface area contributed by atoms with Gasteiger partial charge in [0.15, 0.2) is 0 Å². The van der Waals surface area contributed by atoms with Gasteiger partial charge in [0, 0.05) is 17.1 Å². The maximum absolute atomic E-state index is 12.4. The number of halogens is 3. The van der Waals surface area contributed by atoms with Crippen LogP contribution in [0.5, 0.6) is 5.75 Å². The molecule has 0 bridgehead atoms. The van der Waals surface area contributed by atoms with Crippen LogP contribution >= 0.6 is 67.8 Å². The van der Waals surface area contributed by atoms with Crippen molar-refractivity contribution in [3.05, 3.63) is 52.2 Å². The van der Waals surface area contributed by atoms with Crippen LogP contribution in [0.15, 0.2) is 35.2 Å². The molecule has 34 heavy (non-hydrogen) atoms. The van der Waals surface area contributed by atoms with Crippen LogP contribution in [0.25, 0.3) is 0 Å². The zero-order chi connectivity index (χ0) is 24.9. The summed E-state index contributed by atoms with van der Waals surface area (Å²) in [6, 6.07) is 7.93. The number of ether oxygens (including phenoxy) is 2. The minimum Gasteiger partial charge on any atom is -0.462 e. The highest BCUT2D eigenvalue weighted by atomic mass is 127. The highest BCUT2D eigenvalue weighted by molar-refractivity contribution is 14.1. The van der Waals surface area contributed by atoms with Crippen molar-refractivity contribution in [3.8, 4) is 5.75 Å². The lowest BCUT2D eigenvalue weighted by molar-refractivity contribution is -0.134. The van der Waals surface area contributed by atoms with Crippen LogP contribution < -0.4 is 4.74 Å². The fourth-order valence-electron chi connectivity index (χ4n) is 3.90. The summed E-state index contributed by atoms with van der Waals surface area (Å²) in [5, 5.41) is 0. The van der Waals surface area contributed by atoms with Crippen molar-refractivity contribution in [2.75, 3.05) is 6.61 Å². The van der Waals surface area contributed by atoms with Crippen LogP contribution in [0, 0.1) is 10.7 Å². The predicted molar refractivity (Wildman–Crippen MR) is 152 cm³/mol. The molecule has 184 valence electrons. The third kappa shape index (κ3) is 7.74. The summed E-state index contributed by atoms with van der Waals surface area (Å²) >= 11 is 6.42. The number of rotatable bonds is 8. The molecule has 2 aromatic rings. The summed E-state index contributed by atoms with van der Waals surface area (Å²) in [6.45, 7) is 0.0705. The first-order chi connectivity index (χ1) is 16.1. The van der Waals surface area contributed by atoms with Gasteiger partial charge in [0.25, 0.3) is 10.1 Å². The van der Waals surface area contributed by atoms with Crippen LogP contribution in [0.2, 0.25) is 0 Å². The summed E-state index contributed by atoms with van der Waals surface area (Å²) < 4.78 is 46.7. The largest absolute Gasteiger partial charge is 0.462 e. The van der Waals surface area contributed by atoms with E-state index in [9.17, 15) is 22.6 Å². The average Bonchev–Trinajstić information content (AvgIpc) is 2.78. The van der Waals surface area contributed by atoms with Gasteiger partial charge in [0.05, 0.1) is 17.1 Å². The molecule has 0 spiro atoms. The van der Waals surface area contributed by atoms with E-state index >= 15 is 0 Å². The Hall–Kier alpha value is -0.520. The third-order valence-corrected chi connectivity index (χ3v) is 10.1.